The van der Waals surface area contributed by atoms with Crippen molar-refractivity contribution in [3.05, 3.63) is 76.6 Å². The third-order valence-electron chi connectivity index (χ3n) is 3.83. The van der Waals surface area contributed by atoms with E-state index in [1.54, 1.807) is 0 Å². The first-order chi connectivity index (χ1) is 10.7. The van der Waals surface area contributed by atoms with Crippen LogP contribution in [0.3, 0.4) is 0 Å². The predicted octanol–water partition coefficient (Wildman–Crippen LogP) is 2.93. The molecule has 0 aliphatic heterocycles. The second kappa shape index (κ2) is 6.12. The molecule has 22 heavy (non-hydrogen) atoms. The summed E-state index contributed by atoms with van der Waals surface area (Å²) in [7, 11) is 0. The summed E-state index contributed by atoms with van der Waals surface area (Å²) in [5.74, 6) is 0. The van der Waals surface area contributed by atoms with Crippen molar-refractivity contribution < 1.29 is 0 Å². The third kappa shape index (κ3) is 2.78. The molecule has 3 aromatic rings. The molecular weight excluding hydrogens is 272 g/mol. The van der Waals surface area contributed by atoms with Gasteiger partial charge in [0, 0.05) is 13.0 Å². The van der Waals surface area contributed by atoms with Gasteiger partial charge in [-0.3, -0.25) is 0 Å². The van der Waals surface area contributed by atoms with Gasteiger partial charge in [0.25, 0.3) is 0 Å². The number of nitrogens with zero attached hydrogens (tertiary/aromatic N) is 3. The van der Waals surface area contributed by atoms with E-state index in [1.807, 2.05) is 22.9 Å². The van der Waals surface area contributed by atoms with Crippen molar-refractivity contribution in [2.75, 3.05) is 0 Å². The van der Waals surface area contributed by atoms with Gasteiger partial charge < -0.3 is 5.73 Å². The molecule has 4 heteroatoms. The first-order valence-corrected chi connectivity index (χ1v) is 7.44. The van der Waals surface area contributed by atoms with E-state index in [2.05, 4.69) is 54.5 Å². The van der Waals surface area contributed by atoms with Crippen molar-refractivity contribution in [1.82, 2.24) is 15.0 Å². The summed E-state index contributed by atoms with van der Waals surface area (Å²) in [6, 6.07) is 16.7. The van der Waals surface area contributed by atoms with Crippen LogP contribution in [0.4, 0.5) is 0 Å². The lowest BCUT2D eigenvalue weighted by atomic mass is 10.1. The number of aryl methyl sites for hydroxylation is 2. The highest BCUT2D eigenvalue weighted by atomic mass is 15.4. The van der Waals surface area contributed by atoms with Gasteiger partial charge in [-0.15, -0.1) is 5.10 Å². The Balaban J connectivity index is 2.07. The van der Waals surface area contributed by atoms with E-state index in [1.165, 1.54) is 16.7 Å². The van der Waals surface area contributed by atoms with E-state index in [4.69, 9.17) is 5.73 Å². The molecule has 0 aliphatic rings. The molecule has 0 amide bonds. The Morgan fingerprint density at radius 2 is 1.82 bits per heavy atom. The van der Waals surface area contributed by atoms with E-state index < -0.39 is 0 Å². The maximum Gasteiger partial charge on any atom is 0.100 e. The molecule has 0 unspecified atom stereocenters. The van der Waals surface area contributed by atoms with Crippen LogP contribution in [0, 0.1) is 13.8 Å². The van der Waals surface area contributed by atoms with E-state index in [-0.39, 0.29) is 0 Å². The van der Waals surface area contributed by atoms with Gasteiger partial charge in [-0.1, -0.05) is 53.2 Å². The average Bonchev–Trinajstić information content (AvgIpc) is 2.91. The molecule has 0 bridgehead atoms. The van der Waals surface area contributed by atoms with Gasteiger partial charge in [0.1, 0.15) is 5.69 Å². The zero-order valence-corrected chi connectivity index (χ0v) is 13.0. The highest BCUT2D eigenvalue weighted by Gasteiger charge is 2.15. The largest absolute Gasteiger partial charge is 0.325 e. The maximum atomic E-state index is 5.84. The summed E-state index contributed by atoms with van der Waals surface area (Å²) in [6.45, 7) is 4.58. The Kier molecular flexibility index (Phi) is 4.02. The number of nitrogens with two attached hydrogens (primary N) is 1. The Hall–Kier alpha value is -2.46. The van der Waals surface area contributed by atoms with E-state index in [0.717, 1.165) is 23.5 Å². The molecule has 0 radical (unpaired) electrons. The third-order valence-corrected chi connectivity index (χ3v) is 3.83. The zero-order chi connectivity index (χ0) is 15.5. The van der Waals surface area contributed by atoms with Crippen molar-refractivity contribution >= 4 is 0 Å². The molecule has 2 N–H and O–H groups in total. The summed E-state index contributed by atoms with van der Waals surface area (Å²) < 4.78 is 1.92. The van der Waals surface area contributed by atoms with E-state index in [0.29, 0.717) is 6.54 Å². The summed E-state index contributed by atoms with van der Waals surface area (Å²) >= 11 is 0. The average molecular weight is 292 g/mol. The molecule has 0 saturated carbocycles. The fraction of sp³-hybridized carbons (Fsp3) is 0.222. The van der Waals surface area contributed by atoms with Gasteiger partial charge in [-0.2, -0.15) is 0 Å². The maximum absolute atomic E-state index is 5.84. The topological polar surface area (TPSA) is 56.7 Å². The SMILES string of the molecule is Cc1ccc(-n2nnc(CN)c2Cc2ccccc2)c(C)c1. The molecular formula is C18H20N4. The number of hydrogen-bond donors (Lipinski definition) is 1. The Bertz CT molecular complexity index is 775. The van der Waals surface area contributed by atoms with Crippen LogP contribution in [0.2, 0.25) is 0 Å². The molecule has 1 heterocycles. The molecule has 1 aromatic heterocycles. The van der Waals surface area contributed by atoms with Gasteiger partial charge in [0.15, 0.2) is 0 Å². The van der Waals surface area contributed by atoms with Crippen LogP contribution >= 0.6 is 0 Å². The van der Waals surface area contributed by atoms with Crippen LogP contribution in [0.5, 0.6) is 0 Å². The molecule has 3 rings (SSSR count). The molecule has 2 aromatic carbocycles. The number of benzene rings is 2. The standard InChI is InChI=1S/C18H20N4/c1-13-8-9-17(14(2)10-13)22-18(16(12-19)20-21-22)11-15-6-4-3-5-7-15/h3-10H,11-12,19H2,1-2H3. The van der Waals surface area contributed by atoms with Crippen LogP contribution in [0.1, 0.15) is 28.1 Å². The molecule has 112 valence electrons. The first-order valence-electron chi connectivity index (χ1n) is 7.44. The van der Waals surface area contributed by atoms with E-state index >= 15 is 0 Å². The Morgan fingerprint density at radius 3 is 2.50 bits per heavy atom. The number of hydrogen-bond acceptors (Lipinski definition) is 3. The fourth-order valence-corrected chi connectivity index (χ4v) is 2.69. The van der Waals surface area contributed by atoms with Gasteiger partial charge in [-0.05, 0) is 31.0 Å². The highest BCUT2D eigenvalue weighted by molar-refractivity contribution is 5.44. The summed E-state index contributed by atoms with van der Waals surface area (Å²) in [5, 5.41) is 8.59. The number of aromatic nitrogens is 3. The van der Waals surface area contributed by atoms with Crippen molar-refractivity contribution in [3.8, 4) is 5.69 Å². The van der Waals surface area contributed by atoms with Gasteiger partial charge in [0.2, 0.25) is 0 Å². The Morgan fingerprint density at radius 1 is 1.05 bits per heavy atom. The lowest BCUT2D eigenvalue weighted by Gasteiger charge is -2.11. The van der Waals surface area contributed by atoms with Crippen LogP contribution in [-0.4, -0.2) is 15.0 Å². The molecule has 0 aliphatic carbocycles. The summed E-state index contributed by atoms with van der Waals surface area (Å²) in [4.78, 5) is 0. The lowest BCUT2D eigenvalue weighted by Crippen LogP contribution is -2.08. The second-order valence-corrected chi connectivity index (χ2v) is 5.55. The molecule has 0 fully saturated rings. The predicted molar refractivity (Wildman–Crippen MR) is 88.0 cm³/mol. The van der Waals surface area contributed by atoms with Gasteiger partial charge in [0.05, 0.1) is 11.4 Å². The van der Waals surface area contributed by atoms with Crippen LogP contribution in [0.15, 0.2) is 48.5 Å². The summed E-state index contributed by atoms with van der Waals surface area (Å²) in [5.41, 5.74) is 12.5. The molecule has 4 nitrogen and oxygen atoms in total. The highest BCUT2D eigenvalue weighted by Crippen LogP contribution is 2.20. The smallest absolute Gasteiger partial charge is 0.100 e. The van der Waals surface area contributed by atoms with Crippen molar-refractivity contribution in [2.24, 2.45) is 5.73 Å². The Labute approximate surface area is 130 Å². The van der Waals surface area contributed by atoms with Crippen LogP contribution in [-0.2, 0) is 13.0 Å². The van der Waals surface area contributed by atoms with Crippen molar-refractivity contribution in [1.29, 1.82) is 0 Å². The van der Waals surface area contributed by atoms with Crippen molar-refractivity contribution in [3.63, 3.8) is 0 Å². The molecule has 0 saturated heterocycles. The van der Waals surface area contributed by atoms with Gasteiger partial charge >= 0.3 is 0 Å². The zero-order valence-electron chi connectivity index (χ0n) is 13.0. The quantitative estimate of drug-likeness (QED) is 0.804. The van der Waals surface area contributed by atoms with Crippen molar-refractivity contribution in [2.45, 2.75) is 26.8 Å². The fourth-order valence-electron chi connectivity index (χ4n) is 2.69. The first kappa shape index (κ1) is 14.5. The summed E-state index contributed by atoms with van der Waals surface area (Å²) in [6.07, 6.45) is 0.772. The van der Waals surface area contributed by atoms with E-state index in [9.17, 15) is 0 Å². The normalized spacial score (nSPS) is 10.9. The van der Waals surface area contributed by atoms with Gasteiger partial charge in [-0.25, -0.2) is 4.68 Å². The minimum absolute atomic E-state index is 0.396. The molecule has 0 atom stereocenters. The van der Waals surface area contributed by atoms with Crippen LogP contribution in [0.25, 0.3) is 5.69 Å². The second-order valence-electron chi connectivity index (χ2n) is 5.55. The molecule has 0 spiro atoms. The lowest BCUT2D eigenvalue weighted by molar-refractivity contribution is 0.767. The minimum atomic E-state index is 0.396. The monoisotopic (exact) mass is 292 g/mol. The number of rotatable bonds is 4. The van der Waals surface area contributed by atoms with Crippen LogP contribution < -0.4 is 5.73 Å². The minimum Gasteiger partial charge on any atom is -0.325 e.